The molecule has 0 saturated carbocycles. The summed E-state index contributed by atoms with van der Waals surface area (Å²) >= 11 is 1.17. The Morgan fingerprint density at radius 3 is 2.72 bits per heavy atom. The number of likely N-dealkylation sites (N-methyl/N-ethyl adjacent to an activating group) is 1. The number of halogens is 1. The Hall–Kier alpha value is -3.85. The summed E-state index contributed by atoms with van der Waals surface area (Å²) < 4.78 is 19.9. The highest BCUT2D eigenvalue weighted by Gasteiger charge is 2.66. The van der Waals surface area contributed by atoms with Crippen LogP contribution in [0.2, 0.25) is 0 Å². The van der Waals surface area contributed by atoms with E-state index in [1.54, 1.807) is 29.6 Å². The van der Waals surface area contributed by atoms with Gasteiger partial charge in [0.25, 0.3) is 11.8 Å². The Bertz CT molecular complexity index is 1510. The zero-order valence-corrected chi connectivity index (χ0v) is 17.5. The molecule has 4 heterocycles. The van der Waals surface area contributed by atoms with Crippen molar-refractivity contribution in [2.45, 2.75) is 12.5 Å². The van der Waals surface area contributed by atoms with Crippen LogP contribution in [0, 0.1) is 5.82 Å². The number of amides is 2. The second kappa shape index (κ2) is 6.33. The molecule has 2 aromatic heterocycles. The molecule has 4 aromatic rings. The number of hydrogen-bond acceptors (Lipinski definition) is 6. The molecule has 1 atom stereocenters. The third kappa shape index (κ3) is 2.08. The lowest BCUT2D eigenvalue weighted by Crippen LogP contribution is -2.53. The molecule has 2 aliphatic rings. The van der Waals surface area contributed by atoms with Crippen LogP contribution in [0.15, 0.2) is 63.3 Å². The number of benzene rings is 2. The van der Waals surface area contributed by atoms with Crippen molar-refractivity contribution in [1.82, 2.24) is 4.98 Å². The SMILES string of the molecule is CCN1C(=O)C2(c3ccccc31)c1c(oc3ccc(F)cc3c1=O)C(=O)N2c1nccs1. The Balaban J connectivity index is 1.81. The summed E-state index contributed by atoms with van der Waals surface area (Å²) in [6.07, 6.45) is 1.52. The summed E-state index contributed by atoms with van der Waals surface area (Å²) in [6, 6.07) is 10.6. The second-order valence-corrected chi connectivity index (χ2v) is 8.38. The van der Waals surface area contributed by atoms with Gasteiger partial charge in [-0.05, 0) is 31.2 Å². The molecule has 7 nitrogen and oxygen atoms in total. The van der Waals surface area contributed by atoms with Gasteiger partial charge in [0.2, 0.25) is 5.76 Å². The number of aromatic nitrogens is 1. The van der Waals surface area contributed by atoms with E-state index >= 15 is 0 Å². The molecule has 0 N–H and O–H groups in total. The number of anilines is 2. The van der Waals surface area contributed by atoms with Crippen molar-refractivity contribution in [3.05, 3.63) is 87.0 Å². The van der Waals surface area contributed by atoms with E-state index in [4.69, 9.17) is 4.42 Å². The van der Waals surface area contributed by atoms with Gasteiger partial charge in [-0.25, -0.2) is 9.37 Å². The van der Waals surface area contributed by atoms with Crippen molar-refractivity contribution < 1.29 is 18.4 Å². The maximum atomic E-state index is 14.0. The van der Waals surface area contributed by atoms with E-state index < -0.39 is 28.6 Å². The second-order valence-electron chi connectivity index (χ2n) is 7.51. The quantitative estimate of drug-likeness (QED) is 0.468. The molecule has 2 amide bonds. The molecule has 2 aliphatic heterocycles. The highest BCUT2D eigenvalue weighted by Crippen LogP contribution is 2.54. The zero-order chi connectivity index (χ0) is 22.2. The summed E-state index contributed by atoms with van der Waals surface area (Å²) in [5, 5.41) is 1.91. The fourth-order valence-corrected chi connectivity index (χ4v) is 5.47. The molecule has 32 heavy (non-hydrogen) atoms. The highest BCUT2D eigenvalue weighted by atomic mass is 32.1. The fourth-order valence-electron chi connectivity index (χ4n) is 4.78. The molecule has 6 rings (SSSR count). The van der Waals surface area contributed by atoms with Crippen molar-refractivity contribution in [2.75, 3.05) is 16.3 Å². The fraction of sp³-hybridized carbons (Fsp3) is 0.130. The van der Waals surface area contributed by atoms with Crippen LogP contribution in [-0.4, -0.2) is 23.3 Å². The normalized spacial score (nSPS) is 19.3. The Kier molecular flexibility index (Phi) is 3.74. The first-order valence-corrected chi connectivity index (χ1v) is 10.8. The van der Waals surface area contributed by atoms with Crippen LogP contribution in [0.3, 0.4) is 0 Å². The van der Waals surface area contributed by atoms with E-state index in [0.717, 1.165) is 12.1 Å². The Labute approximate surface area is 184 Å². The lowest BCUT2D eigenvalue weighted by Gasteiger charge is -2.32. The minimum atomic E-state index is -1.78. The smallest absolute Gasteiger partial charge is 0.297 e. The molecule has 1 unspecified atom stereocenters. The summed E-state index contributed by atoms with van der Waals surface area (Å²) in [5.41, 5.74) is -1.35. The number of hydrogen-bond donors (Lipinski definition) is 0. The molecule has 1 spiro atoms. The lowest BCUT2D eigenvalue weighted by molar-refractivity contribution is -0.121. The molecule has 0 bridgehead atoms. The van der Waals surface area contributed by atoms with Gasteiger partial charge < -0.3 is 9.32 Å². The van der Waals surface area contributed by atoms with Gasteiger partial charge in [0.05, 0.1) is 16.6 Å². The largest absolute Gasteiger partial charge is 0.450 e. The van der Waals surface area contributed by atoms with Crippen molar-refractivity contribution in [3.8, 4) is 0 Å². The molecular weight excluding hydrogens is 433 g/mol. The predicted octanol–water partition coefficient (Wildman–Crippen LogP) is 3.66. The number of fused-ring (bicyclic) bond motifs is 5. The maximum Gasteiger partial charge on any atom is 0.297 e. The Morgan fingerprint density at radius 1 is 1.16 bits per heavy atom. The van der Waals surface area contributed by atoms with E-state index in [0.29, 0.717) is 17.8 Å². The van der Waals surface area contributed by atoms with Crippen LogP contribution in [0.4, 0.5) is 15.2 Å². The van der Waals surface area contributed by atoms with Gasteiger partial charge in [0, 0.05) is 23.7 Å². The third-order valence-electron chi connectivity index (χ3n) is 6.01. The van der Waals surface area contributed by atoms with Crippen molar-refractivity contribution >= 4 is 44.9 Å². The number of carbonyl (C=O) groups excluding carboxylic acids is 2. The molecule has 0 aliphatic carbocycles. The number of para-hydroxylation sites is 1. The minimum Gasteiger partial charge on any atom is -0.450 e. The number of thiazole rings is 1. The van der Waals surface area contributed by atoms with E-state index in [1.165, 1.54) is 33.4 Å². The van der Waals surface area contributed by atoms with Gasteiger partial charge in [-0.2, -0.15) is 0 Å². The van der Waals surface area contributed by atoms with Gasteiger partial charge >= 0.3 is 0 Å². The average Bonchev–Trinajstić information content (AvgIpc) is 3.46. The van der Waals surface area contributed by atoms with Crippen molar-refractivity contribution in [3.63, 3.8) is 0 Å². The van der Waals surface area contributed by atoms with Crippen LogP contribution in [-0.2, 0) is 10.3 Å². The van der Waals surface area contributed by atoms with Crippen LogP contribution in [0.25, 0.3) is 11.0 Å². The van der Waals surface area contributed by atoms with Crippen molar-refractivity contribution in [1.29, 1.82) is 0 Å². The molecule has 158 valence electrons. The third-order valence-corrected chi connectivity index (χ3v) is 6.77. The molecule has 2 aromatic carbocycles. The maximum absolute atomic E-state index is 14.0. The number of rotatable bonds is 2. The molecular formula is C23H14FN3O4S. The summed E-state index contributed by atoms with van der Waals surface area (Å²) in [4.78, 5) is 48.5. The van der Waals surface area contributed by atoms with Gasteiger partial charge in [-0.3, -0.25) is 19.3 Å². The topological polar surface area (TPSA) is 83.7 Å². The first-order valence-electron chi connectivity index (χ1n) is 9.92. The summed E-state index contributed by atoms with van der Waals surface area (Å²) in [6.45, 7) is 2.15. The number of nitrogens with zero attached hydrogens (tertiary/aromatic N) is 3. The zero-order valence-electron chi connectivity index (χ0n) is 16.7. The standard InChI is InChI=1S/C23H14FN3O4S/c1-2-26-15-6-4-3-5-14(15)23(21(26)30)17-18(28)13-11-12(24)7-8-16(13)31-19(17)20(29)27(23)22-25-9-10-32-22/h3-11H,2H2,1H3. The minimum absolute atomic E-state index is 0.0304. The van der Waals surface area contributed by atoms with Gasteiger partial charge in [0.15, 0.2) is 16.1 Å². The van der Waals surface area contributed by atoms with Crippen LogP contribution in [0.1, 0.15) is 28.6 Å². The van der Waals surface area contributed by atoms with Crippen LogP contribution in [0.5, 0.6) is 0 Å². The average molecular weight is 447 g/mol. The first kappa shape index (κ1) is 18.9. The van der Waals surface area contributed by atoms with E-state index in [2.05, 4.69) is 4.98 Å². The van der Waals surface area contributed by atoms with Gasteiger partial charge in [-0.15, -0.1) is 11.3 Å². The molecule has 0 saturated heterocycles. The van der Waals surface area contributed by atoms with E-state index in [-0.39, 0.29) is 27.4 Å². The van der Waals surface area contributed by atoms with Crippen molar-refractivity contribution in [2.24, 2.45) is 0 Å². The molecule has 0 radical (unpaired) electrons. The first-order chi connectivity index (χ1) is 15.5. The lowest BCUT2D eigenvalue weighted by atomic mass is 9.84. The Morgan fingerprint density at radius 2 is 1.97 bits per heavy atom. The van der Waals surface area contributed by atoms with Crippen LogP contribution < -0.4 is 15.2 Å². The van der Waals surface area contributed by atoms with Crippen LogP contribution >= 0.6 is 11.3 Å². The number of carbonyl (C=O) groups is 2. The van der Waals surface area contributed by atoms with E-state index in [1.807, 2.05) is 6.92 Å². The summed E-state index contributed by atoms with van der Waals surface area (Å²) in [5.74, 6) is -1.94. The highest BCUT2D eigenvalue weighted by molar-refractivity contribution is 7.13. The molecule has 0 fully saturated rings. The monoisotopic (exact) mass is 447 g/mol. The predicted molar refractivity (Wildman–Crippen MR) is 117 cm³/mol. The van der Waals surface area contributed by atoms with Gasteiger partial charge in [0.1, 0.15) is 11.4 Å². The molecule has 9 heteroatoms. The van der Waals surface area contributed by atoms with E-state index in [9.17, 15) is 18.8 Å². The van der Waals surface area contributed by atoms with Gasteiger partial charge in [-0.1, -0.05) is 18.2 Å². The summed E-state index contributed by atoms with van der Waals surface area (Å²) in [7, 11) is 0.